The zero-order valence-electron chi connectivity index (χ0n) is 12.5. The standard InChI is InChI=1S/C16H21FN2O3/c17-13-6-4-12(5-7-13)11-18-16(20)19-8-2-1-3-14(19)15-21-9-10-22-15/h4-7,14-15H,1-3,8-11H2,(H,18,20)/t14-/m0/s1. The van der Waals surface area contributed by atoms with E-state index in [2.05, 4.69) is 5.32 Å². The summed E-state index contributed by atoms with van der Waals surface area (Å²) in [5.41, 5.74) is 0.872. The molecule has 0 unspecified atom stereocenters. The number of urea groups is 1. The summed E-state index contributed by atoms with van der Waals surface area (Å²) in [6.07, 6.45) is 2.66. The van der Waals surface area contributed by atoms with E-state index in [0.29, 0.717) is 26.3 Å². The Morgan fingerprint density at radius 3 is 2.68 bits per heavy atom. The highest BCUT2D eigenvalue weighted by atomic mass is 19.1. The third kappa shape index (κ3) is 3.56. The van der Waals surface area contributed by atoms with Gasteiger partial charge in [0, 0.05) is 13.1 Å². The summed E-state index contributed by atoms with van der Waals surface area (Å²) < 4.78 is 24.0. The summed E-state index contributed by atoms with van der Waals surface area (Å²) in [5, 5.41) is 2.90. The lowest BCUT2D eigenvalue weighted by molar-refractivity contribution is -0.0983. The van der Waals surface area contributed by atoms with Gasteiger partial charge in [-0.15, -0.1) is 0 Å². The molecule has 6 heteroatoms. The summed E-state index contributed by atoms with van der Waals surface area (Å²) in [5.74, 6) is -0.276. The fraction of sp³-hybridized carbons (Fsp3) is 0.562. The van der Waals surface area contributed by atoms with Crippen LogP contribution in [0.15, 0.2) is 24.3 Å². The van der Waals surface area contributed by atoms with Gasteiger partial charge in [0.05, 0.1) is 19.3 Å². The second kappa shape index (κ2) is 7.07. The smallest absolute Gasteiger partial charge is 0.318 e. The van der Waals surface area contributed by atoms with Crippen molar-refractivity contribution in [1.82, 2.24) is 10.2 Å². The number of halogens is 1. The van der Waals surface area contributed by atoms with E-state index in [0.717, 1.165) is 24.8 Å². The number of hydrogen-bond acceptors (Lipinski definition) is 3. The van der Waals surface area contributed by atoms with E-state index in [1.165, 1.54) is 12.1 Å². The topological polar surface area (TPSA) is 50.8 Å². The second-order valence-electron chi connectivity index (χ2n) is 5.65. The number of hydrogen-bond donors (Lipinski definition) is 1. The third-order valence-electron chi connectivity index (χ3n) is 4.13. The average Bonchev–Trinajstić information content (AvgIpc) is 3.08. The first-order valence-corrected chi connectivity index (χ1v) is 7.76. The molecular weight excluding hydrogens is 287 g/mol. The number of likely N-dealkylation sites (tertiary alicyclic amines) is 1. The average molecular weight is 308 g/mol. The van der Waals surface area contributed by atoms with Crippen molar-refractivity contribution in [1.29, 1.82) is 0 Å². The zero-order valence-corrected chi connectivity index (χ0v) is 12.5. The van der Waals surface area contributed by atoms with Crippen LogP contribution in [0.1, 0.15) is 24.8 Å². The molecule has 0 aliphatic carbocycles. The van der Waals surface area contributed by atoms with Crippen molar-refractivity contribution < 1.29 is 18.7 Å². The highest BCUT2D eigenvalue weighted by Gasteiger charge is 2.36. The number of ether oxygens (including phenoxy) is 2. The molecule has 2 aliphatic rings. The number of nitrogens with zero attached hydrogens (tertiary/aromatic N) is 1. The van der Waals surface area contributed by atoms with Crippen LogP contribution in [0.3, 0.4) is 0 Å². The summed E-state index contributed by atoms with van der Waals surface area (Å²) >= 11 is 0. The van der Waals surface area contributed by atoms with Crippen molar-refractivity contribution in [2.45, 2.75) is 38.1 Å². The molecule has 2 saturated heterocycles. The number of nitrogens with one attached hydrogen (secondary N) is 1. The number of piperidine rings is 1. The van der Waals surface area contributed by atoms with E-state index >= 15 is 0 Å². The Morgan fingerprint density at radius 1 is 1.23 bits per heavy atom. The van der Waals surface area contributed by atoms with Gasteiger partial charge in [0.1, 0.15) is 5.82 Å². The van der Waals surface area contributed by atoms with Gasteiger partial charge in [-0.3, -0.25) is 0 Å². The molecule has 2 amide bonds. The van der Waals surface area contributed by atoms with Gasteiger partial charge in [-0.05, 0) is 37.0 Å². The van der Waals surface area contributed by atoms with Gasteiger partial charge in [-0.2, -0.15) is 0 Å². The molecule has 3 rings (SSSR count). The predicted octanol–water partition coefficient (Wildman–Crippen LogP) is 2.26. The van der Waals surface area contributed by atoms with Gasteiger partial charge in [0.15, 0.2) is 6.29 Å². The Kier molecular flexibility index (Phi) is 4.90. The molecule has 120 valence electrons. The van der Waals surface area contributed by atoms with Crippen molar-refractivity contribution in [2.24, 2.45) is 0 Å². The highest BCUT2D eigenvalue weighted by molar-refractivity contribution is 5.74. The minimum absolute atomic E-state index is 0.0236. The van der Waals surface area contributed by atoms with E-state index in [9.17, 15) is 9.18 Å². The number of carbonyl (C=O) groups is 1. The van der Waals surface area contributed by atoms with Gasteiger partial charge in [-0.25, -0.2) is 9.18 Å². The van der Waals surface area contributed by atoms with Crippen LogP contribution in [-0.2, 0) is 16.0 Å². The van der Waals surface area contributed by atoms with Crippen molar-refractivity contribution in [3.8, 4) is 0 Å². The molecule has 2 heterocycles. The SMILES string of the molecule is O=C(NCc1ccc(F)cc1)N1CCCC[C@H]1C1OCCO1. The predicted molar refractivity (Wildman–Crippen MR) is 78.7 cm³/mol. The van der Waals surface area contributed by atoms with Crippen LogP contribution in [0.2, 0.25) is 0 Å². The Balaban J connectivity index is 1.58. The van der Waals surface area contributed by atoms with Gasteiger partial charge in [0.2, 0.25) is 0 Å². The summed E-state index contributed by atoms with van der Waals surface area (Å²) in [4.78, 5) is 14.2. The number of benzene rings is 1. The largest absolute Gasteiger partial charge is 0.348 e. The summed E-state index contributed by atoms with van der Waals surface area (Å²) in [6, 6.07) is 5.99. The first-order chi connectivity index (χ1) is 10.7. The molecule has 2 aliphatic heterocycles. The summed E-state index contributed by atoms with van der Waals surface area (Å²) in [6.45, 7) is 2.27. The molecule has 5 nitrogen and oxygen atoms in total. The van der Waals surface area contributed by atoms with Gasteiger partial charge >= 0.3 is 6.03 Å². The van der Waals surface area contributed by atoms with Crippen LogP contribution in [-0.4, -0.2) is 43.0 Å². The van der Waals surface area contributed by atoms with E-state index < -0.39 is 0 Å². The molecule has 0 bridgehead atoms. The van der Waals surface area contributed by atoms with Crippen LogP contribution in [0.25, 0.3) is 0 Å². The van der Waals surface area contributed by atoms with Crippen LogP contribution < -0.4 is 5.32 Å². The molecule has 22 heavy (non-hydrogen) atoms. The molecule has 1 N–H and O–H groups in total. The number of carbonyl (C=O) groups excluding carboxylic acids is 1. The Morgan fingerprint density at radius 2 is 1.95 bits per heavy atom. The van der Waals surface area contributed by atoms with Crippen molar-refractivity contribution in [2.75, 3.05) is 19.8 Å². The minimum atomic E-state index is -0.308. The summed E-state index contributed by atoms with van der Waals surface area (Å²) in [7, 11) is 0. The maximum atomic E-state index is 12.9. The van der Waals surface area contributed by atoms with Crippen molar-refractivity contribution >= 4 is 6.03 Å². The fourth-order valence-electron chi connectivity index (χ4n) is 2.97. The molecule has 0 aromatic heterocycles. The molecule has 0 saturated carbocycles. The molecule has 1 atom stereocenters. The van der Waals surface area contributed by atoms with Crippen molar-refractivity contribution in [3.63, 3.8) is 0 Å². The first-order valence-electron chi connectivity index (χ1n) is 7.76. The monoisotopic (exact) mass is 308 g/mol. The van der Waals surface area contributed by atoms with Crippen LogP contribution in [0.4, 0.5) is 9.18 Å². The Labute approximate surface area is 129 Å². The van der Waals surface area contributed by atoms with Crippen LogP contribution in [0.5, 0.6) is 0 Å². The molecular formula is C16H21FN2O3. The van der Waals surface area contributed by atoms with E-state index in [1.54, 1.807) is 12.1 Å². The maximum Gasteiger partial charge on any atom is 0.318 e. The molecule has 2 fully saturated rings. The number of rotatable bonds is 3. The Bertz CT molecular complexity index is 503. The quantitative estimate of drug-likeness (QED) is 0.932. The van der Waals surface area contributed by atoms with Gasteiger partial charge < -0.3 is 19.7 Å². The Hall–Kier alpha value is -1.66. The lowest BCUT2D eigenvalue weighted by Crippen LogP contribution is -2.53. The fourth-order valence-corrected chi connectivity index (χ4v) is 2.97. The highest BCUT2D eigenvalue weighted by Crippen LogP contribution is 2.24. The lowest BCUT2D eigenvalue weighted by atomic mass is 10.0. The van der Waals surface area contributed by atoms with Gasteiger partial charge in [0.25, 0.3) is 0 Å². The third-order valence-corrected chi connectivity index (χ3v) is 4.13. The number of amides is 2. The van der Waals surface area contributed by atoms with E-state index in [-0.39, 0.29) is 24.2 Å². The normalized spacial score (nSPS) is 22.8. The lowest BCUT2D eigenvalue weighted by Gasteiger charge is -2.37. The van der Waals surface area contributed by atoms with Crippen LogP contribution in [0, 0.1) is 5.82 Å². The molecule has 0 radical (unpaired) electrons. The van der Waals surface area contributed by atoms with Crippen LogP contribution >= 0.6 is 0 Å². The molecule has 1 aromatic rings. The second-order valence-corrected chi connectivity index (χ2v) is 5.65. The van der Waals surface area contributed by atoms with E-state index in [1.807, 2.05) is 4.90 Å². The maximum absolute atomic E-state index is 12.9. The van der Waals surface area contributed by atoms with Crippen molar-refractivity contribution in [3.05, 3.63) is 35.6 Å². The molecule has 1 aromatic carbocycles. The zero-order chi connectivity index (χ0) is 15.4. The van der Waals surface area contributed by atoms with E-state index in [4.69, 9.17) is 9.47 Å². The first kappa shape index (κ1) is 15.2. The van der Waals surface area contributed by atoms with Gasteiger partial charge in [-0.1, -0.05) is 12.1 Å². The molecule has 0 spiro atoms. The minimum Gasteiger partial charge on any atom is -0.348 e.